The highest BCUT2D eigenvalue weighted by Crippen LogP contribution is 1.79. The Labute approximate surface area is 88.4 Å². The number of aliphatic carboxylic acids is 2. The van der Waals surface area contributed by atoms with Crippen molar-refractivity contribution in [3.8, 4) is 0 Å². The second kappa shape index (κ2) is 12.1. The van der Waals surface area contributed by atoms with Crippen LogP contribution in [0.2, 0.25) is 0 Å². The summed E-state index contributed by atoms with van der Waals surface area (Å²) in [5, 5.41) is 17.5. The summed E-state index contributed by atoms with van der Waals surface area (Å²) >= 11 is 0. The molecule has 0 saturated heterocycles. The van der Waals surface area contributed by atoms with E-state index in [1.54, 1.807) is 0 Å². The van der Waals surface area contributed by atoms with Crippen molar-refractivity contribution in [2.45, 2.75) is 0 Å². The van der Waals surface area contributed by atoms with Crippen LogP contribution >= 0.6 is 0 Å². The van der Waals surface area contributed by atoms with E-state index >= 15 is 0 Å². The maximum absolute atomic E-state index is 9.10. The molecule has 0 radical (unpaired) electrons. The van der Waals surface area contributed by atoms with Crippen molar-refractivity contribution >= 4 is 11.9 Å². The standard InChI is InChI=1S/C6H6.C2H7N.C2H2O4/c1-2-4-6-5-3-1;1-3-2;3-1(4)2(5)6/h1-6H;3H,1-2H3;(H,3,4)(H,5,6). The fourth-order valence-electron chi connectivity index (χ4n) is 0.385. The molecule has 0 spiro atoms. The van der Waals surface area contributed by atoms with Gasteiger partial charge in [0.15, 0.2) is 0 Å². The molecule has 0 bridgehead atoms. The summed E-state index contributed by atoms with van der Waals surface area (Å²) in [4.78, 5) is 18.2. The Bertz CT molecular complexity index is 223. The van der Waals surface area contributed by atoms with Gasteiger partial charge in [-0.25, -0.2) is 9.59 Å². The van der Waals surface area contributed by atoms with E-state index < -0.39 is 11.9 Å². The quantitative estimate of drug-likeness (QED) is 0.551. The first-order chi connectivity index (χ1) is 7.06. The van der Waals surface area contributed by atoms with Crippen LogP contribution in [0.5, 0.6) is 0 Å². The summed E-state index contributed by atoms with van der Waals surface area (Å²) in [7, 11) is 3.75. The minimum Gasteiger partial charge on any atom is -0.473 e. The minimum atomic E-state index is -1.82. The van der Waals surface area contributed by atoms with Gasteiger partial charge in [0.2, 0.25) is 0 Å². The van der Waals surface area contributed by atoms with Gasteiger partial charge in [-0.05, 0) is 14.1 Å². The van der Waals surface area contributed by atoms with E-state index in [4.69, 9.17) is 19.8 Å². The molecular weight excluding hydrogens is 198 g/mol. The van der Waals surface area contributed by atoms with Gasteiger partial charge in [0.1, 0.15) is 0 Å². The molecule has 5 heteroatoms. The molecule has 15 heavy (non-hydrogen) atoms. The summed E-state index contributed by atoms with van der Waals surface area (Å²) in [5.41, 5.74) is 0. The van der Waals surface area contributed by atoms with Gasteiger partial charge in [-0.1, -0.05) is 36.4 Å². The van der Waals surface area contributed by atoms with Gasteiger partial charge in [-0.3, -0.25) is 0 Å². The first kappa shape index (κ1) is 15.6. The Morgan fingerprint density at radius 3 is 1.00 bits per heavy atom. The zero-order valence-electron chi connectivity index (χ0n) is 8.68. The van der Waals surface area contributed by atoms with Crippen molar-refractivity contribution in [1.29, 1.82) is 0 Å². The third-order valence-electron chi connectivity index (χ3n) is 0.850. The molecule has 0 unspecified atom stereocenters. The van der Waals surface area contributed by atoms with Crippen LogP contribution in [0.25, 0.3) is 0 Å². The van der Waals surface area contributed by atoms with Crippen molar-refractivity contribution < 1.29 is 19.8 Å². The van der Waals surface area contributed by atoms with Crippen molar-refractivity contribution in [2.75, 3.05) is 14.1 Å². The molecule has 84 valence electrons. The lowest BCUT2D eigenvalue weighted by Gasteiger charge is -1.72. The van der Waals surface area contributed by atoms with Gasteiger partial charge in [0.05, 0.1) is 0 Å². The molecular formula is C10H15NO4. The van der Waals surface area contributed by atoms with E-state index in [0.717, 1.165) is 0 Å². The van der Waals surface area contributed by atoms with E-state index in [1.807, 2.05) is 50.5 Å². The molecule has 1 rings (SSSR count). The van der Waals surface area contributed by atoms with Crippen LogP contribution in [0.3, 0.4) is 0 Å². The first-order valence-corrected chi connectivity index (χ1v) is 4.11. The average molecular weight is 213 g/mol. The van der Waals surface area contributed by atoms with E-state index in [-0.39, 0.29) is 0 Å². The second-order valence-corrected chi connectivity index (χ2v) is 2.27. The van der Waals surface area contributed by atoms with Crippen molar-refractivity contribution in [3.63, 3.8) is 0 Å². The number of carbonyl (C=O) groups is 2. The average Bonchev–Trinajstić information content (AvgIpc) is 2.22. The van der Waals surface area contributed by atoms with Crippen molar-refractivity contribution in [3.05, 3.63) is 36.4 Å². The highest BCUT2D eigenvalue weighted by Gasteiger charge is 2.04. The lowest BCUT2D eigenvalue weighted by molar-refractivity contribution is -0.159. The molecule has 0 aromatic heterocycles. The largest absolute Gasteiger partial charge is 0.473 e. The summed E-state index contributed by atoms with van der Waals surface area (Å²) < 4.78 is 0. The fourth-order valence-corrected chi connectivity index (χ4v) is 0.385. The molecule has 0 saturated carbocycles. The number of nitrogens with one attached hydrogen (secondary N) is 1. The molecule has 1 aromatic carbocycles. The predicted octanol–water partition coefficient (Wildman–Crippen LogP) is 0.678. The van der Waals surface area contributed by atoms with Crippen LogP contribution in [-0.2, 0) is 9.59 Å². The lowest BCUT2D eigenvalue weighted by Crippen LogP contribution is -2.09. The maximum Gasteiger partial charge on any atom is 0.414 e. The topological polar surface area (TPSA) is 86.6 Å². The molecule has 0 aliphatic heterocycles. The number of hydrogen-bond donors (Lipinski definition) is 3. The Morgan fingerprint density at radius 2 is 0.933 bits per heavy atom. The molecule has 5 nitrogen and oxygen atoms in total. The van der Waals surface area contributed by atoms with E-state index in [0.29, 0.717) is 0 Å². The number of benzene rings is 1. The number of rotatable bonds is 0. The van der Waals surface area contributed by atoms with Crippen LogP contribution in [0.4, 0.5) is 0 Å². The van der Waals surface area contributed by atoms with Crippen LogP contribution in [0.1, 0.15) is 0 Å². The summed E-state index contributed by atoms with van der Waals surface area (Å²) in [6.07, 6.45) is 0. The highest BCUT2D eigenvalue weighted by molar-refractivity contribution is 6.27. The zero-order valence-corrected chi connectivity index (χ0v) is 8.68. The normalized spacial score (nSPS) is 7.33. The van der Waals surface area contributed by atoms with E-state index in [9.17, 15) is 0 Å². The monoisotopic (exact) mass is 213 g/mol. The molecule has 0 aliphatic carbocycles. The third-order valence-corrected chi connectivity index (χ3v) is 0.850. The van der Waals surface area contributed by atoms with Crippen LogP contribution in [-0.4, -0.2) is 36.2 Å². The van der Waals surface area contributed by atoms with Gasteiger partial charge in [-0.2, -0.15) is 0 Å². The predicted molar refractivity (Wildman–Crippen MR) is 56.7 cm³/mol. The van der Waals surface area contributed by atoms with Crippen molar-refractivity contribution in [1.82, 2.24) is 5.32 Å². The van der Waals surface area contributed by atoms with Gasteiger partial charge in [-0.15, -0.1) is 0 Å². The van der Waals surface area contributed by atoms with Crippen molar-refractivity contribution in [2.24, 2.45) is 0 Å². The Morgan fingerprint density at radius 1 is 0.800 bits per heavy atom. The maximum atomic E-state index is 9.10. The number of carboxylic acid groups (broad SMARTS) is 2. The molecule has 0 atom stereocenters. The first-order valence-electron chi connectivity index (χ1n) is 4.11. The van der Waals surface area contributed by atoms with E-state index in [2.05, 4.69) is 5.32 Å². The zero-order chi connectivity index (χ0) is 12.1. The van der Waals surface area contributed by atoms with Crippen LogP contribution < -0.4 is 5.32 Å². The number of carboxylic acids is 2. The molecule has 0 amide bonds. The third kappa shape index (κ3) is 18.8. The highest BCUT2D eigenvalue weighted by atomic mass is 16.4. The number of hydrogen-bond acceptors (Lipinski definition) is 3. The molecule has 3 N–H and O–H groups in total. The van der Waals surface area contributed by atoms with Gasteiger partial charge in [0.25, 0.3) is 0 Å². The molecule has 0 heterocycles. The molecule has 0 aliphatic rings. The fraction of sp³-hybridized carbons (Fsp3) is 0.200. The minimum absolute atomic E-state index is 1.82. The Balaban J connectivity index is 0. The lowest BCUT2D eigenvalue weighted by atomic mass is 10.4. The Kier molecular flexibility index (Phi) is 12.6. The summed E-state index contributed by atoms with van der Waals surface area (Å²) in [6.45, 7) is 0. The van der Waals surface area contributed by atoms with Crippen LogP contribution in [0.15, 0.2) is 36.4 Å². The van der Waals surface area contributed by atoms with Gasteiger partial charge in [0, 0.05) is 0 Å². The Hall–Kier alpha value is -1.88. The van der Waals surface area contributed by atoms with Gasteiger partial charge >= 0.3 is 11.9 Å². The summed E-state index contributed by atoms with van der Waals surface area (Å²) in [6, 6.07) is 12.0. The van der Waals surface area contributed by atoms with Gasteiger partial charge < -0.3 is 15.5 Å². The SMILES string of the molecule is CNC.O=C(O)C(=O)O.c1ccccc1. The summed E-state index contributed by atoms with van der Waals surface area (Å²) in [5.74, 6) is -3.65. The van der Waals surface area contributed by atoms with E-state index in [1.165, 1.54) is 0 Å². The molecule has 1 aromatic rings. The molecule has 0 fully saturated rings. The second-order valence-electron chi connectivity index (χ2n) is 2.27. The van der Waals surface area contributed by atoms with Crippen LogP contribution in [0, 0.1) is 0 Å². The smallest absolute Gasteiger partial charge is 0.414 e.